The molecule has 0 radical (unpaired) electrons. The highest BCUT2D eigenvalue weighted by Gasteiger charge is 2.36. The molecule has 3 unspecified atom stereocenters. The van der Waals surface area contributed by atoms with Crippen LogP contribution in [0, 0.1) is 11.3 Å². The lowest BCUT2D eigenvalue weighted by molar-refractivity contribution is -0.141. The Morgan fingerprint density at radius 2 is 1.54 bits per heavy atom. The van der Waals surface area contributed by atoms with Crippen molar-refractivity contribution in [3.05, 3.63) is 23.9 Å². The highest BCUT2D eigenvalue weighted by Crippen LogP contribution is 2.21. The van der Waals surface area contributed by atoms with Crippen LogP contribution in [0.3, 0.4) is 0 Å². The van der Waals surface area contributed by atoms with Gasteiger partial charge < -0.3 is 26.6 Å². The second-order valence-corrected chi connectivity index (χ2v) is 12.0. The number of ketones is 1. The van der Waals surface area contributed by atoms with Gasteiger partial charge in [-0.2, -0.15) is 0 Å². The first-order valence-electron chi connectivity index (χ1n) is 14.1. The number of Topliss-reactive ketones (excluding diaryl/α,β-unsaturated/α-hetero) is 1. The average Bonchev–Trinajstić information content (AvgIpc) is 2.89. The Balaban J connectivity index is 2.06. The van der Waals surface area contributed by atoms with E-state index in [4.69, 9.17) is 0 Å². The second kappa shape index (κ2) is 14.7. The van der Waals surface area contributed by atoms with Crippen LogP contribution in [0.4, 0.5) is 5.82 Å². The summed E-state index contributed by atoms with van der Waals surface area (Å²) in [6.07, 6.45) is 6.11. The molecule has 12 nitrogen and oxygen atoms in total. The fourth-order valence-electron chi connectivity index (χ4n) is 4.53. The molecule has 0 aliphatic heterocycles. The van der Waals surface area contributed by atoms with E-state index >= 15 is 0 Å². The molecule has 1 aliphatic rings. The number of pyridine rings is 1. The average molecular weight is 573 g/mol. The first-order chi connectivity index (χ1) is 19.1. The first kappa shape index (κ1) is 33.4. The summed E-state index contributed by atoms with van der Waals surface area (Å²) in [4.78, 5) is 80.1. The fraction of sp³-hybridized carbons (Fsp3) is 0.621. The van der Waals surface area contributed by atoms with E-state index in [9.17, 15) is 28.8 Å². The van der Waals surface area contributed by atoms with E-state index in [-0.39, 0.29) is 29.2 Å². The Bertz CT molecular complexity index is 1140. The van der Waals surface area contributed by atoms with Crippen LogP contribution in [0.2, 0.25) is 0 Å². The van der Waals surface area contributed by atoms with E-state index in [1.165, 1.54) is 32.2 Å². The molecule has 0 bridgehead atoms. The molecule has 0 spiro atoms. The molecule has 1 saturated carbocycles. The van der Waals surface area contributed by atoms with Crippen molar-refractivity contribution in [2.45, 2.75) is 105 Å². The van der Waals surface area contributed by atoms with Gasteiger partial charge in [0.15, 0.2) is 0 Å². The van der Waals surface area contributed by atoms with Gasteiger partial charge in [0.25, 0.3) is 11.8 Å². The Morgan fingerprint density at radius 3 is 2.10 bits per heavy atom. The Labute approximate surface area is 241 Å². The summed E-state index contributed by atoms with van der Waals surface area (Å²) >= 11 is 0. The number of carbonyl (C=O) groups is 6. The van der Waals surface area contributed by atoms with Crippen LogP contribution >= 0.6 is 0 Å². The lowest BCUT2D eigenvalue weighted by Crippen LogP contribution is -2.59. The van der Waals surface area contributed by atoms with Crippen molar-refractivity contribution in [1.82, 2.24) is 26.3 Å². The Kier molecular flexibility index (Phi) is 12.0. The third-order valence-corrected chi connectivity index (χ3v) is 6.89. The van der Waals surface area contributed by atoms with Crippen molar-refractivity contribution < 1.29 is 28.8 Å². The monoisotopic (exact) mass is 572 g/mol. The molecule has 0 aromatic carbocycles. The van der Waals surface area contributed by atoms with Crippen LogP contribution in [0.15, 0.2) is 18.3 Å². The second-order valence-electron chi connectivity index (χ2n) is 12.0. The van der Waals surface area contributed by atoms with Gasteiger partial charge in [0.2, 0.25) is 23.5 Å². The molecule has 226 valence electrons. The molecule has 1 fully saturated rings. The molecular weight excluding hydrogens is 528 g/mol. The van der Waals surface area contributed by atoms with E-state index < -0.39 is 53.0 Å². The van der Waals surface area contributed by atoms with Crippen LogP contribution in [0.1, 0.15) is 90.9 Å². The molecule has 0 saturated heterocycles. The van der Waals surface area contributed by atoms with Crippen LogP contribution in [0.25, 0.3) is 0 Å². The standard InChI is InChI=1S/C29H44N6O6/c1-16(2)22(23(37)27(40)33-20-11-9-8-10-12-20)34-25(38)17(3)31-28(41)24(29(5,6)7)35-26(39)19-13-14-30-21(15-19)32-18(4)36/h13-17,20,22,24H,8-12H2,1-7H3,(H,31,41)(H,33,40)(H,34,38)(H,35,39)(H,30,32,36). The highest BCUT2D eigenvalue weighted by molar-refractivity contribution is 6.38. The van der Waals surface area contributed by atoms with Gasteiger partial charge in [-0.3, -0.25) is 28.8 Å². The van der Waals surface area contributed by atoms with E-state index in [0.717, 1.165) is 32.1 Å². The minimum atomic E-state index is -1.06. The topological polar surface area (TPSA) is 175 Å². The normalized spacial score (nSPS) is 16.1. The maximum atomic E-state index is 13.3. The SMILES string of the molecule is CC(=O)Nc1cc(C(=O)NC(C(=O)NC(C)C(=O)NC(C(=O)C(=O)NC2CCCCC2)C(C)C)C(C)(C)C)ccn1. The highest BCUT2D eigenvalue weighted by atomic mass is 16.2. The van der Waals surface area contributed by atoms with E-state index in [0.29, 0.717) is 0 Å². The van der Waals surface area contributed by atoms with Gasteiger partial charge >= 0.3 is 0 Å². The van der Waals surface area contributed by atoms with E-state index in [1.807, 2.05) is 0 Å². The molecular formula is C29H44N6O6. The lowest BCUT2D eigenvalue weighted by Gasteiger charge is -2.31. The molecule has 41 heavy (non-hydrogen) atoms. The Hall–Kier alpha value is -3.83. The van der Waals surface area contributed by atoms with Gasteiger partial charge in [-0.25, -0.2) is 4.98 Å². The van der Waals surface area contributed by atoms with Crippen LogP contribution in [-0.2, 0) is 24.0 Å². The van der Waals surface area contributed by atoms with Crippen molar-refractivity contribution in [3.63, 3.8) is 0 Å². The smallest absolute Gasteiger partial charge is 0.289 e. The Morgan fingerprint density at radius 1 is 0.902 bits per heavy atom. The fourth-order valence-corrected chi connectivity index (χ4v) is 4.53. The van der Waals surface area contributed by atoms with E-state index in [2.05, 4.69) is 31.6 Å². The summed E-state index contributed by atoms with van der Waals surface area (Å²) in [5.41, 5.74) is -0.557. The number of hydrogen-bond donors (Lipinski definition) is 5. The largest absolute Gasteiger partial charge is 0.347 e. The molecule has 5 N–H and O–H groups in total. The minimum absolute atomic E-state index is 0.0457. The quantitative estimate of drug-likeness (QED) is 0.251. The number of anilines is 1. The maximum Gasteiger partial charge on any atom is 0.289 e. The molecule has 1 heterocycles. The van der Waals surface area contributed by atoms with Crippen LogP contribution < -0.4 is 26.6 Å². The summed E-state index contributed by atoms with van der Waals surface area (Å²) in [6.45, 7) is 11.5. The van der Waals surface area contributed by atoms with Gasteiger partial charge in [0.1, 0.15) is 17.9 Å². The van der Waals surface area contributed by atoms with Crippen molar-refractivity contribution in [3.8, 4) is 0 Å². The van der Waals surface area contributed by atoms with Gasteiger partial charge in [0.05, 0.1) is 6.04 Å². The lowest BCUT2D eigenvalue weighted by atomic mass is 9.85. The summed E-state index contributed by atoms with van der Waals surface area (Å²) in [5, 5.41) is 13.2. The van der Waals surface area contributed by atoms with Crippen molar-refractivity contribution in [1.29, 1.82) is 0 Å². The van der Waals surface area contributed by atoms with Gasteiger partial charge in [-0.1, -0.05) is 53.9 Å². The van der Waals surface area contributed by atoms with Crippen molar-refractivity contribution in [2.75, 3.05) is 5.32 Å². The van der Waals surface area contributed by atoms with E-state index in [1.54, 1.807) is 34.6 Å². The molecule has 12 heteroatoms. The molecule has 2 rings (SSSR count). The van der Waals surface area contributed by atoms with Crippen molar-refractivity contribution >= 4 is 41.1 Å². The molecule has 1 aromatic heterocycles. The summed E-state index contributed by atoms with van der Waals surface area (Å²) in [5.74, 6) is -3.78. The number of aromatic nitrogens is 1. The van der Waals surface area contributed by atoms with Gasteiger partial charge in [-0.05, 0) is 43.2 Å². The zero-order valence-electron chi connectivity index (χ0n) is 25.1. The van der Waals surface area contributed by atoms with Gasteiger partial charge in [-0.15, -0.1) is 0 Å². The number of rotatable bonds is 11. The third-order valence-electron chi connectivity index (χ3n) is 6.89. The number of amides is 5. The van der Waals surface area contributed by atoms with Crippen LogP contribution in [0.5, 0.6) is 0 Å². The molecule has 3 atom stereocenters. The number of nitrogens with zero attached hydrogens (tertiary/aromatic N) is 1. The third kappa shape index (κ3) is 10.3. The minimum Gasteiger partial charge on any atom is -0.347 e. The number of carbonyl (C=O) groups excluding carboxylic acids is 6. The molecule has 5 amide bonds. The van der Waals surface area contributed by atoms with Crippen LogP contribution in [-0.4, -0.2) is 64.5 Å². The summed E-state index contributed by atoms with van der Waals surface area (Å²) in [6, 6.07) is -0.373. The predicted molar refractivity (Wildman–Crippen MR) is 154 cm³/mol. The summed E-state index contributed by atoms with van der Waals surface area (Å²) in [7, 11) is 0. The van der Waals surface area contributed by atoms with Crippen molar-refractivity contribution in [2.24, 2.45) is 11.3 Å². The zero-order valence-corrected chi connectivity index (χ0v) is 25.1. The number of hydrogen-bond acceptors (Lipinski definition) is 7. The molecule has 1 aliphatic carbocycles. The zero-order chi connectivity index (χ0) is 30.9. The summed E-state index contributed by atoms with van der Waals surface area (Å²) < 4.78 is 0. The molecule has 1 aromatic rings. The predicted octanol–water partition coefficient (Wildman–Crippen LogP) is 1.85. The number of nitrogens with one attached hydrogen (secondary N) is 5. The van der Waals surface area contributed by atoms with Gasteiger partial charge in [0, 0.05) is 24.7 Å². The maximum absolute atomic E-state index is 13.3. The first-order valence-corrected chi connectivity index (χ1v) is 14.1.